The molecule has 17 heteroatoms. The first kappa shape index (κ1) is 44.2. The van der Waals surface area contributed by atoms with E-state index < -0.39 is 17.7 Å². The number of carbonyl (C=O) groups excluding carboxylic acids is 3. The Morgan fingerprint density at radius 2 is 1.68 bits per heavy atom. The second-order valence-electron chi connectivity index (χ2n) is 16.7. The Hall–Kier alpha value is -7.43. The third-order valence-corrected chi connectivity index (χ3v) is 12.5. The van der Waals surface area contributed by atoms with Crippen LogP contribution >= 0.6 is 0 Å². The number of nitrogens with one attached hydrogen (secondary N) is 1. The number of H-pyrrole nitrogens is 1. The zero-order chi connectivity index (χ0) is 46.3. The molecule has 1 fully saturated rings. The van der Waals surface area contributed by atoms with Crippen molar-refractivity contribution in [3.05, 3.63) is 115 Å². The van der Waals surface area contributed by atoms with Crippen molar-refractivity contribution in [2.75, 3.05) is 26.2 Å². The molecule has 0 bridgehead atoms. The van der Waals surface area contributed by atoms with Crippen molar-refractivity contribution < 1.29 is 39.2 Å². The van der Waals surface area contributed by atoms with Gasteiger partial charge in [0.1, 0.15) is 23.9 Å². The number of rotatable bonds is 9. The molecule has 2 amide bonds. The van der Waals surface area contributed by atoms with E-state index in [0.717, 1.165) is 35.8 Å². The minimum atomic E-state index is -1.79. The molecule has 338 valence electrons. The number of aromatic hydroxyl groups is 3. The molecule has 1 atom stereocenters. The highest BCUT2D eigenvalue weighted by atomic mass is 16.6. The SMILES string of the molecule is CCCc1ccc(-n2c(-c3cc(C(C)C)c(O)cc3O)n[nH]c2=O)cc1.CCc1c2c(nc3ccc(O)cc13)-c1cc3c(c(=O)n1C2)COC(=O)C3(CC)OC(=O)N1CCN(C=O)CC1. The lowest BCUT2D eigenvalue weighted by Gasteiger charge is -2.38. The number of aromatic amines is 1. The maximum absolute atomic E-state index is 13.8. The number of fused-ring (bicyclic) bond motifs is 5. The largest absolute Gasteiger partial charge is 0.508 e. The van der Waals surface area contributed by atoms with Gasteiger partial charge in [-0.3, -0.25) is 9.59 Å². The van der Waals surface area contributed by atoms with Crippen molar-refractivity contribution in [3.63, 3.8) is 0 Å². The minimum Gasteiger partial charge on any atom is -0.508 e. The highest BCUT2D eigenvalue weighted by molar-refractivity contribution is 5.90. The van der Waals surface area contributed by atoms with E-state index in [1.54, 1.807) is 46.7 Å². The molecule has 9 rings (SSSR count). The van der Waals surface area contributed by atoms with Crippen LogP contribution in [0.1, 0.15) is 86.8 Å². The molecule has 6 heterocycles. The van der Waals surface area contributed by atoms with Crippen LogP contribution in [0.15, 0.2) is 70.3 Å². The predicted octanol–water partition coefficient (Wildman–Crippen LogP) is 5.98. The van der Waals surface area contributed by atoms with Gasteiger partial charge < -0.3 is 39.2 Å². The molecule has 3 aromatic carbocycles. The zero-order valence-corrected chi connectivity index (χ0v) is 36.9. The number of carbonyl (C=O) groups is 3. The monoisotopic (exact) mass is 885 g/mol. The molecule has 4 N–H and O–H groups in total. The summed E-state index contributed by atoms with van der Waals surface area (Å²) in [5, 5.41) is 37.8. The van der Waals surface area contributed by atoms with Crippen LogP contribution in [0.3, 0.4) is 0 Å². The number of pyridine rings is 2. The number of benzene rings is 3. The molecule has 17 nitrogen and oxygen atoms in total. The van der Waals surface area contributed by atoms with Crippen LogP contribution < -0.4 is 11.2 Å². The molecule has 3 aliphatic rings. The maximum Gasteiger partial charge on any atom is 0.411 e. The van der Waals surface area contributed by atoms with Crippen molar-refractivity contribution >= 4 is 29.4 Å². The fourth-order valence-electron chi connectivity index (χ4n) is 8.99. The standard InChI is InChI=1S/C28H28N4O7.C20H23N3O3/c1-3-17-18-11-16(34)5-6-22(18)29-24-19(17)13-32-23(24)12-21-20(25(32)35)14-38-26(36)28(21,4-2)39-27(37)31-9-7-30(15-33)8-10-31;1-4-5-13-6-8-14(9-7-13)23-19(21-22-20(23)26)16-10-15(12(2)3)17(24)11-18(16)25/h5-6,11-12,15,34H,3-4,7-10,13-14H2,1-2H3;6-12,24-25H,4-5H2,1-3H3,(H,22,26). The number of hydrogen-bond donors (Lipinski definition) is 4. The summed E-state index contributed by atoms with van der Waals surface area (Å²) in [7, 11) is 0. The molecule has 0 saturated carbocycles. The van der Waals surface area contributed by atoms with Crippen molar-refractivity contribution in [2.24, 2.45) is 0 Å². The van der Waals surface area contributed by atoms with Gasteiger partial charge in [0.15, 0.2) is 5.82 Å². The highest BCUT2D eigenvalue weighted by Crippen LogP contribution is 2.43. The Balaban J connectivity index is 0.000000193. The molecule has 3 aliphatic heterocycles. The summed E-state index contributed by atoms with van der Waals surface area (Å²) in [5.74, 6) is -0.334. The summed E-state index contributed by atoms with van der Waals surface area (Å²) in [6, 6.07) is 17.4. The molecule has 1 saturated heterocycles. The number of aryl methyl sites for hydroxylation is 2. The number of hydrogen-bond acceptors (Lipinski definition) is 12. The lowest BCUT2D eigenvalue weighted by Crippen LogP contribution is -2.53. The Kier molecular flexibility index (Phi) is 12.0. The van der Waals surface area contributed by atoms with Crippen LogP contribution in [-0.4, -0.2) is 94.1 Å². The fraction of sp³-hybridized carbons (Fsp3) is 0.354. The van der Waals surface area contributed by atoms with Gasteiger partial charge in [-0.2, -0.15) is 5.10 Å². The van der Waals surface area contributed by atoms with Crippen LogP contribution in [0, 0.1) is 0 Å². The van der Waals surface area contributed by atoms with E-state index in [0.29, 0.717) is 71.2 Å². The highest BCUT2D eigenvalue weighted by Gasteiger charge is 2.51. The fourth-order valence-corrected chi connectivity index (χ4v) is 8.99. The molecule has 65 heavy (non-hydrogen) atoms. The summed E-state index contributed by atoms with van der Waals surface area (Å²) in [5.41, 5.74) is 4.74. The Morgan fingerprint density at radius 3 is 2.34 bits per heavy atom. The molecular weight excluding hydrogens is 835 g/mol. The van der Waals surface area contributed by atoms with Gasteiger partial charge in [0.25, 0.3) is 5.56 Å². The van der Waals surface area contributed by atoms with E-state index in [1.165, 1.54) is 21.1 Å². The number of phenols is 3. The quantitative estimate of drug-likeness (QED) is 0.0971. The van der Waals surface area contributed by atoms with Crippen molar-refractivity contribution in [3.8, 4) is 45.7 Å². The number of nitrogens with zero attached hydrogens (tertiary/aromatic N) is 6. The van der Waals surface area contributed by atoms with Crippen molar-refractivity contribution in [1.29, 1.82) is 0 Å². The summed E-state index contributed by atoms with van der Waals surface area (Å²) in [6.45, 7) is 11.1. The number of piperazine rings is 1. The first-order valence-corrected chi connectivity index (χ1v) is 21.8. The van der Waals surface area contributed by atoms with Crippen LogP contribution in [0.5, 0.6) is 17.2 Å². The lowest BCUT2D eigenvalue weighted by molar-refractivity contribution is -0.173. The third-order valence-electron chi connectivity index (χ3n) is 12.5. The zero-order valence-electron chi connectivity index (χ0n) is 36.9. The van der Waals surface area contributed by atoms with Crippen LogP contribution in [0.2, 0.25) is 0 Å². The summed E-state index contributed by atoms with van der Waals surface area (Å²) in [4.78, 5) is 71.5. The van der Waals surface area contributed by atoms with Crippen LogP contribution in [0.4, 0.5) is 4.79 Å². The summed E-state index contributed by atoms with van der Waals surface area (Å²) >= 11 is 0. The average molecular weight is 886 g/mol. The van der Waals surface area contributed by atoms with Gasteiger partial charge in [0.2, 0.25) is 12.0 Å². The Morgan fingerprint density at radius 1 is 0.938 bits per heavy atom. The van der Waals surface area contributed by atoms with Gasteiger partial charge in [-0.25, -0.2) is 29.0 Å². The molecule has 0 aliphatic carbocycles. The predicted molar refractivity (Wildman–Crippen MR) is 240 cm³/mol. The number of cyclic esters (lactones) is 1. The Bertz CT molecular complexity index is 2960. The van der Waals surface area contributed by atoms with Crippen LogP contribution in [0.25, 0.3) is 39.4 Å². The normalized spacial score (nSPS) is 16.4. The van der Waals surface area contributed by atoms with Gasteiger partial charge in [-0.15, -0.1) is 0 Å². The maximum atomic E-state index is 13.8. The second kappa shape index (κ2) is 17.6. The smallest absolute Gasteiger partial charge is 0.411 e. The number of ether oxygens (including phenoxy) is 2. The topological polar surface area (TPSA) is 222 Å². The summed E-state index contributed by atoms with van der Waals surface area (Å²) < 4.78 is 14.4. The van der Waals surface area contributed by atoms with Crippen molar-refractivity contribution in [2.45, 2.75) is 85.0 Å². The second-order valence-corrected chi connectivity index (χ2v) is 16.7. The lowest BCUT2D eigenvalue weighted by atomic mass is 9.85. The number of phenolic OH excluding ortho intramolecular Hbond substituents is 3. The summed E-state index contributed by atoms with van der Waals surface area (Å²) in [6.07, 6.45) is 2.80. The van der Waals surface area contributed by atoms with E-state index in [1.807, 2.05) is 45.0 Å². The number of amides is 2. The molecule has 3 aromatic heterocycles. The Labute approximate surface area is 373 Å². The molecule has 6 aromatic rings. The van der Waals surface area contributed by atoms with Gasteiger partial charge in [0.05, 0.1) is 40.3 Å². The van der Waals surface area contributed by atoms with E-state index in [2.05, 4.69) is 17.1 Å². The van der Waals surface area contributed by atoms with E-state index in [-0.39, 0.29) is 66.1 Å². The van der Waals surface area contributed by atoms with Gasteiger partial charge in [0, 0.05) is 48.8 Å². The van der Waals surface area contributed by atoms with E-state index >= 15 is 0 Å². The number of aromatic nitrogens is 5. The van der Waals surface area contributed by atoms with Gasteiger partial charge in [-0.1, -0.05) is 53.2 Å². The van der Waals surface area contributed by atoms with Gasteiger partial charge in [-0.05, 0) is 84.3 Å². The van der Waals surface area contributed by atoms with Crippen molar-refractivity contribution in [1.82, 2.24) is 34.1 Å². The van der Waals surface area contributed by atoms with Gasteiger partial charge >= 0.3 is 17.8 Å². The van der Waals surface area contributed by atoms with Crippen LogP contribution in [-0.2, 0) is 50.7 Å². The molecular formula is C48H51N7O10. The third kappa shape index (κ3) is 7.84. The first-order chi connectivity index (χ1) is 31.2. The minimum absolute atomic E-state index is 0.0228. The average Bonchev–Trinajstić information content (AvgIpc) is 3.87. The number of esters is 1. The molecule has 1 unspecified atom stereocenters. The van der Waals surface area contributed by atoms with E-state index in [4.69, 9.17) is 14.5 Å². The van der Waals surface area contributed by atoms with E-state index in [9.17, 15) is 39.3 Å². The molecule has 0 spiro atoms. The molecule has 0 radical (unpaired) electrons. The first-order valence-electron chi connectivity index (χ1n) is 21.8.